The van der Waals surface area contributed by atoms with E-state index in [4.69, 9.17) is 5.26 Å². The fraction of sp³-hybridized carbons (Fsp3) is 0.700. The summed E-state index contributed by atoms with van der Waals surface area (Å²) < 4.78 is 0. The molecule has 0 aliphatic carbocycles. The van der Waals surface area contributed by atoms with Crippen molar-refractivity contribution < 1.29 is 0 Å². The molecule has 0 saturated heterocycles. The number of hydrogen-bond acceptors (Lipinski definition) is 1. The molecule has 0 heterocycles. The molecule has 0 aromatic carbocycles. The van der Waals surface area contributed by atoms with Crippen molar-refractivity contribution >= 4 is 0 Å². The highest BCUT2D eigenvalue weighted by Gasteiger charge is 2.16. The second-order valence-electron chi connectivity index (χ2n) is 3.28. The van der Waals surface area contributed by atoms with Gasteiger partial charge in [0.2, 0.25) is 0 Å². The van der Waals surface area contributed by atoms with Crippen molar-refractivity contribution in [1.29, 1.82) is 5.26 Å². The molecule has 0 aliphatic heterocycles. The molecule has 0 rings (SSSR count). The van der Waals surface area contributed by atoms with Crippen LogP contribution in [0.4, 0.5) is 0 Å². The number of nitrogens with zero attached hydrogens (tertiary/aromatic N) is 1. The molecular weight excluding hydrogens is 134 g/mol. The molecule has 0 aliphatic rings. The summed E-state index contributed by atoms with van der Waals surface area (Å²) in [6.45, 7) is 8.38. The predicted octanol–water partition coefficient (Wildman–Crippen LogP) is 2.99. The van der Waals surface area contributed by atoms with E-state index in [1.165, 1.54) is 0 Å². The van der Waals surface area contributed by atoms with Gasteiger partial charge < -0.3 is 0 Å². The fourth-order valence-electron chi connectivity index (χ4n) is 0.958. The van der Waals surface area contributed by atoms with E-state index in [1.807, 2.05) is 19.1 Å². The fourth-order valence-corrected chi connectivity index (χ4v) is 0.958. The van der Waals surface area contributed by atoms with Crippen LogP contribution in [0, 0.1) is 29.1 Å². The molecular formula is C10H17N. The molecule has 1 heteroatoms. The third-order valence-electron chi connectivity index (χ3n) is 2.17. The summed E-state index contributed by atoms with van der Waals surface area (Å²) in [5.41, 5.74) is 0. The minimum Gasteiger partial charge on any atom is -0.198 e. The van der Waals surface area contributed by atoms with E-state index in [0.29, 0.717) is 11.8 Å². The van der Waals surface area contributed by atoms with Gasteiger partial charge in [0.15, 0.2) is 0 Å². The number of rotatable bonds is 3. The average Bonchev–Trinajstić information content (AvgIpc) is 1.98. The third kappa shape index (κ3) is 3.23. The van der Waals surface area contributed by atoms with Crippen molar-refractivity contribution in [2.45, 2.75) is 27.7 Å². The first-order valence-electron chi connectivity index (χ1n) is 4.16. The van der Waals surface area contributed by atoms with Gasteiger partial charge in [-0.3, -0.25) is 0 Å². The maximum absolute atomic E-state index is 8.78. The van der Waals surface area contributed by atoms with Gasteiger partial charge in [0.05, 0.1) is 12.0 Å². The van der Waals surface area contributed by atoms with Crippen LogP contribution in [-0.4, -0.2) is 0 Å². The quantitative estimate of drug-likeness (QED) is 0.569. The largest absolute Gasteiger partial charge is 0.198 e. The van der Waals surface area contributed by atoms with Crippen LogP contribution in [0.2, 0.25) is 0 Å². The lowest BCUT2D eigenvalue weighted by molar-refractivity contribution is 0.371. The number of nitriles is 1. The highest BCUT2D eigenvalue weighted by molar-refractivity contribution is 5.01. The smallest absolute Gasteiger partial charge is 0.0700 e. The Morgan fingerprint density at radius 3 is 2.09 bits per heavy atom. The summed E-state index contributed by atoms with van der Waals surface area (Å²) in [5, 5.41) is 8.78. The van der Waals surface area contributed by atoms with Gasteiger partial charge >= 0.3 is 0 Å². The maximum Gasteiger partial charge on any atom is 0.0700 e. The summed E-state index contributed by atoms with van der Waals surface area (Å²) in [6, 6.07) is 2.30. The van der Waals surface area contributed by atoms with E-state index in [9.17, 15) is 0 Å². The third-order valence-corrected chi connectivity index (χ3v) is 2.17. The summed E-state index contributed by atoms with van der Waals surface area (Å²) in [6.07, 6.45) is 3.93. The number of hydrogen-bond donors (Lipinski definition) is 0. The molecule has 62 valence electrons. The van der Waals surface area contributed by atoms with Crippen LogP contribution in [0.25, 0.3) is 0 Å². The molecule has 0 fully saturated rings. The van der Waals surface area contributed by atoms with E-state index in [2.05, 4.69) is 26.8 Å². The minimum atomic E-state index is 0.0833. The highest BCUT2D eigenvalue weighted by Crippen LogP contribution is 2.20. The Morgan fingerprint density at radius 1 is 1.27 bits per heavy atom. The minimum absolute atomic E-state index is 0.0833. The van der Waals surface area contributed by atoms with Crippen molar-refractivity contribution in [2.24, 2.45) is 17.8 Å². The van der Waals surface area contributed by atoms with Gasteiger partial charge in [-0.15, -0.1) is 0 Å². The van der Waals surface area contributed by atoms with Gasteiger partial charge in [0, 0.05) is 0 Å². The van der Waals surface area contributed by atoms with Crippen molar-refractivity contribution in [1.82, 2.24) is 0 Å². The van der Waals surface area contributed by atoms with Crippen LogP contribution >= 0.6 is 0 Å². The zero-order valence-electron chi connectivity index (χ0n) is 7.83. The Morgan fingerprint density at radius 2 is 1.82 bits per heavy atom. The molecule has 11 heavy (non-hydrogen) atoms. The lowest BCUT2D eigenvalue weighted by Crippen LogP contribution is -2.13. The molecule has 1 nitrogen and oxygen atoms in total. The first-order valence-corrected chi connectivity index (χ1v) is 4.16. The molecule has 0 spiro atoms. The van der Waals surface area contributed by atoms with Gasteiger partial charge in [-0.25, -0.2) is 0 Å². The number of allylic oxidation sites excluding steroid dienone is 2. The SMILES string of the molecule is C/C=C\[C@H](C#N)[C@H](C)C(C)C. The second-order valence-corrected chi connectivity index (χ2v) is 3.28. The van der Waals surface area contributed by atoms with Crippen LogP contribution in [0.3, 0.4) is 0 Å². The Bertz CT molecular complexity index is 162. The molecule has 0 radical (unpaired) electrons. The van der Waals surface area contributed by atoms with E-state index in [0.717, 1.165) is 0 Å². The molecule has 0 aromatic rings. The van der Waals surface area contributed by atoms with Gasteiger partial charge in [-0.2, -0.15) is 5.26 Å². The molecule has 0 saturated carbocycles. The lowest BCUT2D eigenvalue weighted by Gasteiger charge is -2.17. The zero-order valence-corrected chi connectivity index (χ0v) is 7.83. The molecule has 0 amide bonds. The Hall–Kier alpha value is -0.770. The average molecular weight is 151 g/mol. The molecule has 0 N–H and O–H groups in total. The molecule has 2 atom stereocenters. The second kappa shape index (κ2) is 4.96. The first kappa shape index (κ1) is 10.2. The van der Waals surface area contributed by atoms with E-state index in [-0.39, 0.29) is 5.92 Å². The highest BCUT2D eigenvalue weighted by atomic mass is 14.3. The normalized spacial score (nSPS) is 16.7. The zero-order chi connectivity index (χ0) is 8.85. The van der Waals surface area contributed by atoms with Crippen LogP contribution in [0.5, 0.6) is 0 Å². The Labute approximate surface area is 69.7 Å². The van der Waals surface area contributed by atoms with E-state index in [1.54, 1.807) is 0 Å². The maximum atomic E-state index is 8.78. The molecule has 0 unspecified atom stereocenters. The van der Waals surface area contributed by atoms with Crippen LogP contribution in [0.15, 0.2) is 12.2 Å². The summed E-state index contributed by atoms with van der Waals surface area (Å²) in [4.78, 5) is 0. The van der Waals surface area contributed by atoms with Crippen LogP contribution in [-0.2, 0) is 0 Å². The van der Waals surface area contributed by atoms with Gasteiger partial charge in [0.25, 0.3) is 0 Å². The Balaban J connectivity index is 4.16. The van der Waals surface area contributed by atoms with E-state index < -0.39 is 0 Å². The van der Waals surface area contributed by atoms with Gasteiger partial charge in [-0.1, -0.05) is 32.9 Å². The predicted molar refractivity (Wildman–Crippen MR) is 47.9 cm³/mol. The van der Waals surface area contributed by atoms with Crippen LogP contribution in [0.1, 0.15) is 27.7 Å². The summed E-state index contributed by atoms with van der Waals surface area (Å²) in [5.74, 6) is 1.12. The lowest BCUT2D eigenvalue weighted by atomic mass is 9.86. The van der Waals surface area contributed by atoms with Crippen molar-refractivity contribution in [3.63, 3.8) is 0 Å². The van der Waals surface area contributed by atoms with Gasteiger partial charge in [0.1, 0.15) is 0 Å². The monoisotopic (exact) mass is 151 g/mol. The summed E-state index contributed by atoms with van der Waals surface area (Å²) >= 11 is 0. The summed E-state index contributed by atoms with van der Waals surface area (Å²) in [7, 11) is 0. The van der Waals surface area contributed by atoms with Crippen molar-refractivity contribution in [2.75, 3.05) is 0 Å². The first-order chi connectivity index (χ1) is 5.13. The van der Waals surface area contributed by atoms with Gasteiger partial charge in [-0.05, 0) is 18.8 Å². The van der Waals surface area contributed by atoms with Crippen molar-refractivity contribution in [3.8, 4) is 6.07 Å². The van der Waals surface area contributed by atoms with Crippen LogP contribution < -0.4 is 0 Å². The molecule has 0 bridgehead atoms. The Kier molecular flexibility index (Phi) is 4.61. The van der Waals surface area contributed by atoms with E-state index >= 15 is 0 Å². The van der Waals surface area contributed by atoms with Crippen molar-refractivity contribution in [3.05, 3.63) is 12.2 Å². The topological polar surface area (TPSA) is 23.8 Å². The molecule has 0 aromatic heterocycles. The standard InChI is InChI=1S/C10H17N/c1-5-6-10(7-11)9(4)8(2)3/h5-6,8-10H,1-4H3/b6-5-/t9-,10-/m1/s1.